The minimum absolute atomic E-state index is 0.261. The number of para-hydroxylation sites is 1. The number of benzene rings is 1. The summed E-state index contributed by atoms with van der Waals surface area (Å²) in [6.45, 7) is 4.33. The Morgan fingerprint density at radius 3 is 2.83 bits per heavy atom. The van der Waals surface area contributed by atoms with Gasteiger partial charge in [-0.2, -0.15) is 5.10 Å². The highest BCUT2D eigenvalue weighted by Crippen LogP contribution is 2.29. The fourth-order valence-corrected chi connectivity index (χ4v) is 2.62. The molecule has 0 fully saturated rings. The largest absolute Gasteiger partial charge is 0.377 e. The lowest BCUT2D eigenvalue weighted by atomic mass is 10.2. The van der Waals surface area contributed by atoms with Gasteiger partial charge >= 0.3 is 0 Å². The normalized spacial score (nSPS) is 12.4. The van der Waals surface area contributed by atoms with E-state index in [0.29, 0.717) is 0 Å². The zero-order valence-electron chi connectivity index (χ0n) is 11.1. The molecular weight excluding hydrogens is 242 g/mol. The van der Waals surface area contributed by atoms with Crippen molar-refractivity contribution in [3.8, 4) is 0 Å². The second-order valence-corrected chi connectivity index (χ2v) is 5.55. The van der Waals surface area contributed by atoms with Crippen molar-refractivity contribution in [2.24, 2.45) is 7.05 Å². The highest BCUT2D eigenvalue weighted by atomic mass is 32.2. The average molecular weight is 261 g/mol. The lowest BCUT2D eigenvalue weighted by Gasteiger charge is -2.16. The molecule has 0 aliphatic heterocycles. The first-order valence-electron chi connectivity index (χ1n) is 6.17. The average Bonchev–Trinajstić information content (AvgIpc) is 2.79. The Bertz CT molecular complexity index is 507. The molecule has 1 atom stereocenters. The Labute approximate surface area is 113 Å². The van der Waals surface area contributed by atoms with E-state index in [1.54, 1.807) is 0 Å². The zero-order valence-corrected chi connectivity index (χ0v) is 11.9. The molecule has 0 radical (unpaired) electrons. The van der Waals surface area contributed by atoms with Gasteiger partial charge < -0.3 is 5.32 Å². The highest BCUT2D eigenvalue weighted by molar-refractivity contribution is 7.99. The molecule has 1 aromatic carbocycles. The van der Waals surface area contributed by atoms with E-state index in [2.05, 4.69) is 48.5 Å². The summed E-state index contributed by atoms with van der Waals surface area (Å²) in [5.41, 5.74) is 2.40. The predicted molar refractivity (Wildman–Crippen MR) is 78.1 cm³/mol. The fourth-order valence-electron chi connectivity index (χ4n) is 1.85. The Morgan fingerprint density at radius 1 is 1.39 bits per heavy atom. The van der Waals surface area contributed by atoms with Crippen LogP contribution in [0.15, 0.2) is 41.6 Å². The molecule has 2 rings (SSSR count). The number of nitrogens with one attached hydrogen (secondary N) is 1. The maximum Gasteiger partial charge on any atom is 0.0542 e. The zero-order chi connectivity index (χ0) is 13.0. The van der Waals surface area contributed by atoms with Crippen LogP contribution in [0, 0.1) is 0 Å². The van der Waals surface area contributed by atoms with E-state index >= 15 is 0 Å². The van der Waals surface area contributed by atoms with Crippen molar-refractivity contribution in [3.05, 3.63) is 42.2 Å². The van der Waals surface area contributed by atoms with Crippen LogP contribution in [-0.4, -0.2) is 15.5 Å². The molecule has 0 spiro atoms. The third-order valence-corrected chi connectivity index (χ3v) is 3.74. The number of hydrogen-bond donors (Lipinski definition) is 1. The second-order valence-electron chi connectivity index (χ2n) is 4.24. The van der Waals surface area contributed by atoms with Gasteiger partial charge in [-0.3, -0.25) is 4.68 Å². The van der Waals surface area contributed by atoms with Crippen molar-refractivity contribution in [2.75, 3.05) is 11.1 Å². The van der Waals surface area contributed by atoms with Gasteiger partial charge in [0, 0.05) is 29.4 Å². The van der Waals surface area contributed by atoms with E-state index in [1.165, 1.54) is 16.1 Å². The van der Waals surface area contributed by atoms with Crippen molar-refractivity contribution in [3.63, 3.8) is 0 Å². The monoisotopic (exact) mass is 261 g/mol. The van der Waals surface area contributed by atoms with Gasteiger partial charge in [-0.25, -0.2) is 0 Å². The van der Waals surface area contributed by atoms with Crippen molar-refractivity contribution in [2.45, 2.75) is 24.8 Å². The molecule has 3 nitrogen and oxygen atoms in total. The summed E-state index contributed by atoms with van der Waals surface area (Å²) < 4.78 is 1.83. The first-order valence-corrected chi connectivity index (χ1v) is 7.16. The summed E-state index contributed by atoms with van der Waals surface area (Å²) in [6, 6.07) is 8.70. The summed E-state index contributed by atoms with van der Waals surface area (Å²) in [7, 11) is 1.94. The van der Waals surface area contributed by atoms with Crippen molar-refractivity contribution in [1.29, 1.82) is 0 Å². The van der Waals surface area contributed by atoms with Gasteiger partial charge in [0.15, 0.2) is 0 Å². The van der Waals surface area contributed by atoms with Gasteiger partial charge in [-0.05, 0) is 24.8 Å². The van der Waals surface area contributed by atoms with Crippen LogP contribution in [0.5, 0.6) is 0 Å². The number of hydrogen-bond acceptors (Lipinski definition) is 3. The van der Waals surface area contributed by atoms with Crippen LogP contribution in [0.1, 0.15) is 25.5 Å². The maximum atomic E-state index is 4.21. The number of nitrogens with zero attached hydrogens (tertiary/aromatic N) is 2. The van der Waals surface area contributed by atoms with Gasteiger partial charge in [0.25, 0.3) is 0 Å². The molecule has 0 amide bonds. The van der Waals surface area contributed by atoms with Gasteiger partial charge in [-0.1, -0.05) is 19.1 Å². The second kappa shape index (κ2) is 5.96. The molecule has 18 heavy (non-hydrogen) atoms. The number of anilines is 1. The van der Waals surface area contributed by atoms with Crippen LogP contribution in [0.4, 0.5) is 5.69 Å². The molecular formula is C14H19N3S. The lowest BCUT2D eigenvalue weighted by molar-refractivity contribution is 0.765. The van der Waals surface area contributed by atoms with Crippen molar-refractivity contribution < 1.29 is 0 Å². The first-order chi connectivity index (χ1) is 8.70. The SMILES string of the molecule is CCSc1ccccc1NC(C)c1cnn(C)c1. The number of thioether (sulfide) groups is 1. The van der Waals surface area contributed by atoms with Crippen LogP contribution < -0.4 is 5.32 Å². The van der Waals surface area contributed by atoms with Gasteiger partial charge in [0.1, 0.15) is 0 Å². The van der Waals surface area contributed by atoms with Crippen LogP contribution in [0.25, 0.3) is 0 Å². The Kier molecular flexibility index (Phi) is 4.31. The summed E-state index contributed by atoms with van der Waals surface area (Å²) in [5, 5.41) is 7.76. The molecule has 2 aromatic rings. The van der Waals surface area contributed by atoms with Crippen molar-refractivity contribution >= 4 is 17.4 Å². The molecule has 4 heteroatoms. The number of aromatic nitrogens is 2. The van der Waals surface area contributed by atoms with E-state index in [1.807, 2.05) is 35.9 Å². The third kappa shape index (κ3) is 3.07. The summed E-state index contributed by atoms with van der Waals surface area (Å²) in [5.74, 6) is 1.08. The van der Waals surface area contributed by atoms with Crippen LogP contribution in [0.3, 0.4) is 0 Å². The number of aryl methyl sites for hydroxylation is 1. The molecule has 1 aromatic heterocycles. The van der Waals surface area contributed by atoms with Crippen LogP contribution >= 0.6 is 11.8 Å². The van der Waals surface area contributed by atoms with Gasteiger partial charge in [-0.15, -0.1) is 11.8 Å². The molecule has 1 N–H and O–H groups in total. The van der Waals surface area contributed by atoms with Crippen molar-refractivity contribution in [1.82, 2.24) is 9.78 Å². The molecule has 1 heterocycles. The number of rotatable bonds is 5. The molecule has 0 aliphatic rings. The highest BCUT2D eigenvalue weighted by Gasteiger charge is 2.09. The van der Waals surface area contributed by atoms with Crippen LogP contribution in [-0.2, 0) is 7.05 Å². The topological polar surface area (TPSA) is 29.9 Å². The molecule has 0 saturated carbocycles. The van der Waals surface area contributed by atoms with E-state index in [0.717, 1.165) is 5.75 Å². The molecule has 0 bridgehead atoms. The maximum absolute atomic E-state index is 4.21. The summed E-state index contributed by atoms with van der Waals surface area (Å²) >= 11 is 1.86. The molecule has 96 valence electrons. The summed E-state index contributed by atoms with van der Waals surface area (Å²) in [4.78, 5) is 1.30. The predicted octanol–water partition coefficient (Wildman–Crippen LogP) is 3.71. The van der Waals surface area contributed by atoms with E-state index in [-0.39, 0.29) is 6.04 Å². The molecule has 1 unspecified atom stereocenters. The Morgan fingerprint density at radius 2 is 2.17 bits per heavy atom. The Hall–Kier alpha value is -1.42. The smallest absolute Gasteiger partial charge is 0.0542 e. The molecule has 0 saturated heterocycles. The van der Waals surface area contributed by atoms with Crippen LogP contribution in [0.2, 0.25) is 0 Å². The minimum atomic E-state index is 0.261. The lowest BCUT2D eigenvalue weighted by Crippen LogP contribution is -2.06. The third-order valence-electron chi connectivity index (χ3n) is 2.78. The quantitative estimate of drug-likeness (QED) is 0.832. The first kappa shape index (κ1) is 13.0. The Balaban J connectivity index is 2.13. The fraction of sp³-hybridized carbons (Fsp3) is 0.357. The standard InChI is InChI=1S/C14H19N3S/c1-4-18-14-8-6-5-7-13(14)16-11(2)12-9-15-17(3)10-12/h5-11,16H,4H2,1-3H3. The minimum Gasteiger partial charge on any atom is -0.377 e. The van der Waals surface area contributed by atoms with E-state index in [4.69, 9.17) is 0 Å². The van der Waals surface area contributed by atoms with Gasteiger partial charge in [0.05, 0.1) is 12.2 Å². The van der Waals surface area contributed by atoms with Gasteiger partial charge in [0.2, 0.25) is 0 Å². The van der Waals surface area contributed by atoms with E-state index < -0.39 is 0 Å². The molecule has 0 aliphatic carbocycles. The van der Waals surface area contributed by atoms with E-state index in [9.17, 15) is 0 Å². The summed E-state index contributed by atoms with van der Waals surface area (Å²) in [6.07, 6.45) is 3.96.